The molecule has 0 radical (unpaired) electrons. The SMILES string of the molecule is COC(=O)COc1c(Cl)cc(/C=C2\N=C(c3ccccc3F)OC2=O)cc1OC. The van der Waals surface area contributed by atoms with Crippen LogP contribution in [0.3, 0.4) is 0 Å². The molecule has 0 amide bonds. The van der Waals surface area contributed by atoms with Gasteiger partial charge in [0.1, 0.15) is 5.82 Å². The molecule has 0 unspecified atom stereocenters. The molecule has 0 saturated heterocycles. The van der Waals surface area contributed by atoms with Crippen molar-refractivity contribution in [3.05, 3.63) is 64.1 Å². The third-order valence-corrected chi connectivity index (χ3v) is 4.12. The summed E-state index contributed by atoms with van der Waals surface area (Å²) in [7, 11) is 2.63. The summed E-state index contributed by atoms with van der Waals surface area (Å²) in [5.74, 6) is -1.63. The number of hydrogen-bond donors (Lipinski definition) is 0. The van der Waals surface area contributed by atoms with Gasteiger partial charge in [0.25, 0.3) is 0 Å². The first-order valence-corrected chi connectivity index (χ1v) is 8.65. The van der Waals surface area contributed by atoms with Gasteiger partial charge in [0, 0.05) is 0 Å². The molecule has 150 valence electrons. The van der Waals surface area contributed by atoms with Gasteiger partial charge in [-0.15, -0.1) is 0 Å². The van der Waals surface area contributed by atoms with Crippen molar-refractivity contribution < 1.29 is 32.9 Å². The van der Waals surface area contributed by atoms with Crippen molar-refractivity contribution >= 4 is 35.5 Å². The highest BCUT2D eigenvalue weighted by Gasteiger charge is 2.26. The van der Waals surface area contributed by atoms with Gasteiger partial charge < -0.3 is 18.9 Å². The number of esters is 2. The standard InChI is InChI=1S/C20H15ClFNO6/c1-26-16-9-11(7-13(21)18(16)28-10-17(24)27-2)8-15-20(25)29-19(23-15)12-5-3-4-6-14(12)22/h3-9H,10H2,1-2H3/b15-8-. The van der Waals surface area contributed by atoms with Gasteiger partial charge >= 0.3 is 11.9 Å². The molecule has 29 heavy (non-hydrogen) atoms. The lowest BCUT2D eigenvalue weighted by molar-refractivity contribution is -0.143. The largest absolute Gasteiger partial charge is 0.493 e. The van der Waals surface area contributed by atoms with E-state index in [-0.39, 0.29) is 40.3 Å². The fourth-order valence-corrected chi connectivity index (χ4v) is 2.74. The molecule has 1 aliphatic rings. The average molecular weight is 420 g/mol. The average Bonchev–Trinajstić information content (AvgIpc) is 3.06. The Morgan fingerprint density at radius 1 is 1.28 bits per heavy atom. The zero-order valence-electron chi connectivity index (χ0n) is 15.4. The maximum absolute atomic E-state index is 13.9. The molecule has 9 heteroatoms. The molecule has 2 aromatic rings. The summed E-state index contributed by atoms with van der Waals surface area (Å²) in [6.45, 7) is -0.352. The van der Waals surface area contributed by atoms with E-state index in [2.05, 4.69) is 9.73 Å². The van der Waals surface area contributed by atoms with E-state index in [9.17, 15) is 14.0 Å². The number of aliphatic imine (C=N–C) groups is 1. The molecular weight excluding hydrogens is 405 g/mol. The Balaban J connectivity index is 1.91. The minimum absolute atomic E-state index is 0.0374. The molecule has 2 aromatic carbocycles. The molecule has 0 spiro atoms. The highest BCUT2D eigenvalue weighted by atomic mass is 35.5. The van der Waals surface area contributed by atoms with Gasteiger partial charge in [0.05, 0.1) is 24.8 Å². The van der Waals surface area contributed by atoms with Gasteiger partial charge in [-0.2, -0.15) is 0 Å². The molecule has 0 saturated carbocycles. The van der Waals surface area contributed by atoms with Gasteiger partial charge in [-0.25, -0.2) is 19.0 Å². The van der Waals surface area contributed by atoms with Crippen LogP contribution in [0.4, 0.5) is 4.39 Å². The first-order chi connectivity index (χ1) is 13.9. The van der Waals surface area contributed by atoms with E-state index in [1.807, 2.05) is 0 Å². The fourth-order valence-electron chi connectivity index (χ4n) is 2.47. The summed E-state index contributed by atoms with van der Waals surface area (Å²) in [5.41, 5.74) is 0.499. The number of ether oxygens (including phenoxy) is 4. The maximum atomic E-state index is 13.9. The van der Waals surface area contributed by atoms with Crippen LogP contribution in [0.15, 0.2) is 47.1 Å². The van der Waals surface area contributed by atoms with Crippen molar-refractivity contribution in [2.75, 3.05) is 20.8 Å². The van der Waals surface area contributed by atoms with E-state index in [4.69, 9.17) is 25.8 Å². The topological polar surface area (TPSA) is 83.4 Å². The van der Waals surface area contributed by atoms with E-state index in [0.717, 1.165) is 0 Å². The molecule has 1 heterocycles. The summed E-state index contributed by atoms with van der Waals surface area (Å²) in [6.07, 6.45) is 1.41. The fraction of sp³-hybridized carbons (Fsp3) is 0.150. The number of methoxy groups -OCH3 is 2. The van der Waals surface area contributed by atoms with Gasteiger partial charge in [-0.05, 0) is 35.9 Å². The minimum atomic E-state index is -0.732. The lowest BCUT2D eigenvalue weighted by atomic mass is 10.1. The van der Waals surface area contributed by atoms with Gasteiger partial charge in [0.15, 0.2) is 23.8 Å². The van der Waals surface area contributed by atoms with Gasteiger partial charge in [-0.3, -0.25) is 0 Å². The van der Waals surface area contributed by atoms with Crippen molar-refractivity contribution in [3.8, 4) is 11.5 Å². The number of cyclic esters (lactones) is 1. The molecule has 0 atom stereocenters. The number of carbonyl (C=O) groups excluding carboxylic acids is 2. The Kier molecular flexibility index (Phi) is 6.13. The summed E-state index contributed by atoms with van der Waals surface area (Å²) >= 11 is 6.22. The van der Waals surface area contributed by atoms with E-state index in [0.29, 0.717) is 5.56 Å². The normalized spacial score (nSPS) is 14.4. The monoisotopic (exact) mass is 419 g/mol. The predicted octanol–water partition coefficient (Wildman–Crippen LogP) is 3.38. The summed E-state index contributed by atoms with van der Waals surface area (Å²) < 4.78 is 34.0. The van der Waals surface area contributed by atoms with E-state index < -0.39 is 17.8 Å². The molecular formula is C20H15ClFNO6. The van der Waals surface area contributed by atoms with Crippen LogP contribution in [0.5, 0.6) is 11.5 Å². The van der Waals surface area contributed by atoms with Crippen molar-refractivity contribution in [3.63, 3.8) is 0 Å². The van der Waals surface area contributed by atoms with Crippen LogP contribution in [0.25, 0.3) is 6.08 Å². The molecule has 0 aliphatic carbocycles. The third kappa shape index (κ3) is 4.55. The molecule has 0 N–H and O–H groups in total. The summed E-state index contributed by atoms with van der Waals surface area (Å²) in [4.78, 5) is 27.5. The Bertz CT molecular complexity index is 1030. The predicted molar refractivity (Wildman–Crippen MR) is 103 cm³/mol. The molecule has 0 aromatic heterocycles. The summed E-state index contributed by atoms with van der Waals surface area (Å²) in [6, 6.07) is 8.85. The number of benzene rings is 2. The second-order valence-corrected chi connectivity index (χ2v) is 6.12. The van der Waals surface area contributed by atoms with Crippen molar-refractivity contribution in [2.24, 2.45) is 4.99 Å². The molecule has 7 nitrogen and oxygen atoms in total. The van der Waals surface area contributed by atoms with Crippen LogP contribution in [0.1, 0.15) is 11.1 Å². The van der Waals surface area contributed by atoms with Gasteiger partial charge in [0.2, 0.25) is 5.90 Å². The maximum Gasteiger partial charge on any atom is 0.363 e. The zero-order valence-corrected chi connectivity index (χ0v) is 16.2. The third-order valence-electron chi connectivity index (χ3n) is 3.84. The second kappa shape index (κ2) is 8.74. The molecule has 0 bridgehead atoms. The highest BCUT2D eigenvalue weighted by Crippen LogP contribution is 2.37. The van der Waals surface area contributed by atoms with E-state index >= 15 is 0 Å². The number of carbonyl (C=O) groups is 2. The van der Waals surface area contributed by atoms with Gasteiger partial charge in [-0.1, -0.05) is 23.7 Å². The molecule has 3 rings (SSSR count). The van der Waals surface area contributed by atoms with Crippen LogP contribution in [-0.4, -0.2) is 38.7 Å². The minimum Gasteiger partial charge on any atom is -0.493 e. The Hall–Kier alpha value is -3.39. The highest BCUT2D eigenvalue weighted by molar-refractivity contribution is 6.32. The van der Waals surface area contributed by atoms with E-state index in [1.54, 1.807) is 6.07 Å². The van der Waals surface area contributed by atoms with Crippen LogP contribution in [-0.2, 0) is 19.1 Å². The lowest BCUT2D eigenvalue weighted by Crippen LogP contribution is -2.13. The molecule has 1 aliphatic heterocycles. The first kappa shape index (κ1) is 20.3. The van der Waals surface area contributed by atoms with Crippen LogP contribution >= 0.6 is 11.6 Å². The Morgan fingerprint density at radius 2 is 2.03 bits per heavy atom. The number of nitrogens with zero attached hydrogens (tertiary/aromatic N) is 1. The Morgan fingerprint density at radius 3 is 2.72 bits per heavy atom. The van der Waals surface area contributed by atoms with Crippen molar-refractivity contribution in [2.45, 2.75) is 0 Å². The van der Waals surface area contributed by atoms with E-state index in [1.165, 1.54) is 50.6 Å². The van der Waals surface area contributed by atoms with Crippen molar-refractivity contribution in [1.82, 2.24) is 0 Å². The quantitative estimate of drug-likeness (QED) is 0.527. The second-order valence-electron chi connectivity index (χ2n) is 5.71. The number of rotatable bonds is 6. The number of halogens is 2. The van der Waals surface area contributed by atoms with Crippen LogP contribution in [0, 0.1) is 5.82 Å². The zero-order chi connectivity index (χ0) is 21.0. The summed E-state index contributed by atoms with van der Waals surface area (Å²) in [5, 5.41) is 0.143. The van der Waals surface area contributed by atoms with Crippen LogP contribution < -0.4 is 9.47 Å². The Labute approximate surface area is 170 Å². The van der Waals surface area contributed by atoms with Crippen LogP contribution in [0.2, 0.25) is 5.02 Å². The smallest absolute Gasteiger partial charge is 0.363 e. The molecule has 0 fully saturated rings. The lowest BCUT2D eigenvalue weighted by Gasteiger charge is -2.12. The van der Waals surface area contributed by atoms with Crippen molar-refractivity contribution in [1.29, 1.82) is 0 Å². The first-order valence-electron chi connectivity index (χ1n) is 8.27. The number of hydrogen-bond acceptors (Lipinski definition) is 7.